The number of aryl methyl sites for hydroxylation is 1. The number of benzene rings is 6. The van der Waals surface area contributed by atoms with Gasteiger partial charge in [0.25, 0.3) is 0 Å². The molecule has 0 spiro atoms. The number of hydrogen-bond acceptors (Lipinski definition) is 1. The Kier molecular flexibility index (Phi) is 6.43. The molecule has 0 N–H and O–H groups in total. The van der Waals surface area contributed by atoms with Crippen molar-refractivity contribution in [2.75, 3.05) is 0 Å². The lowest BCUT2D eigenvalue weighted by Gasteiger charge is -2.18. The van der Waals surface area contributed by atoms with E-state index in [4.69, 9.17) is 0 Å². The number of rotatable bonds is 2. The molecule has 0 radical (unpaired) electrons. The maximum Gasteiger partial charge on any atom is 0.0605 e. The molecule has 4 aromatic heterocycles. The van der Waals surface area contributed by atoms with Crippen molar-refractivity contribution >= 4 is 60.9 Å². The van der Waals surface area contributed by atoms with Crippen LogP contribution in [0, 0.1) is 6.92 Å². The molecule has 3 heteroatoms. The van der Waals surface area contributed by atoms with E-state index in [1.165, 1.54) is 92.4 Å². The average molecular weight is 645 g/mol. The zero-order valence-corrected chi connectivity index (χ0v) is 27.9. The quantitative estimate of drug-likeness (QED) is 0.182. The van der Waals surface area contributed by atoms with E-state index in [2.05, 4.69) is 161 Å². The van der Waals surface area contributed by atoms with Crippen LogP contribution in [0.25, 0.3) is 65.9 Å². The Morgan fingerprint density at radius 1 is 0.490 bits per heavy atom. The fourth-order valence-corrected chi connectivity index (χ4v) is 9.06. The number of para-hydroxylation sites is 2. The maximum atomic E-state index is 2.49. The van der Waals surface area contributed by atoms with Crippen molar-refractivity contribution in [3.8, 4) is 16.8 Å². The maximum absolute atomic E-state index is 2.49. The second-order valence-electron chi connectivity index (χ2n) is 13.0. The molecule has 0 saturated carbocycles. The zero-order valence-electron chi connectivity index (χ0n) is 27.1. The van der Waals surface area contributed by atoms with Crippen LogP contribution in [0.2, 0.25) is 0 Å². The van der Waals surface area contributed by atoms with Crippen molar-refractivity contribution in [3.05, 3.63) is 180 Å². The zero-order chi connectivity index (χ0) is 32.5. The van der Waals surface area contributed by atoms with E-state index < -0.39 is 0 Å². The van der Waals surface area contributed by atoms with Gasteiger partial charge in [-0.1, -0.05) is 133 Å². The number of hydrogen-bond donors (Lipinski definition) is 0. The predicted octanol–water partition coefficient (Wildman–Crippen LogP) is 12.5. The normalized spacial score (nSPS) is 12.4. The summed E-state index contributed by atoms with van der Waals surface area (Å²) in [5, 5.41) is 5.28. The lowest BCUT2D eigenvalue weighted by atomic mass is 9.98. The van der Waals surface area contributed by atoms with Gasteiger partial charge in [0.1, 0.15) is 0 Å². The molecular weight excluding hydrogens is 613 g/mol. The summed E-state index contributed by atoms with van der Waals surface area (Å²) < 4.78 is 4.87. The Bertz CT molecular complexity index is 2820. The standard InChI is InChI=1S/C39H24N2S.C7H8/c1-2-9-27(10-3-1)40-33-14-7-6-12-29(33)31-21-24(19-20-35(31)40)25-17-18-26-22-32-38-30-13-5-4-11-28(30)34-15-8-16-36(41(34)38)39(32)42-37(26)23-25;1-7-5-3-2-4-6-7/h1-21,23H,22H2;2-6H,1H3. The molecule has 0 saturated heterocycles. The summed E-state index contributed by atoms with van der Waals surface area (Å²) in [5.41, 5.74) is 14.4. The van der Waals surface area contributed by atoms with Crippen molar-refractivity contribution in [1.82, 2.24) is 8.97 Å². The van der Waals surface area contributed by atoms with E-state index >= 15 is 0 Å². The highest BCUT2D eigenvalue weighted by atomic mass is 32.2. The minimum atomic E-state index is 0.965. The van der Waals surface area contributed by atoms with Crippen LogP contribution in [0.1, 0.15) is 16.7 Å². The molecule has 10 aromatic rings. The molecule has 49 heavy (non-hydrogen) atoms. The Labute approximate surface area is 289 Å². The third-order valence-corrected chi connectivity index (χ3v) is 11.3. The van der Waals surface area contributed by atoms with Gasteiger partial charge in [0, 0.05) is 43.4 Å². The summed E-state index contributed by atoms with van der Waals surface area (Å²) in [6.07, 6.45) is 0.965. The molecule has 6 aromatic carbocycles. The molecule has 11 rings (SSSR count). The largest absolute Gasteiger partial charge is 0.309 e. The molecule has 0 aliphatic carbocycles. The van der Waals surface area contributed by atoms with Gasteiger partial charge in [-0.15, -0.1) is 0 Å². The fourth-order valence-electron chi connectivity index (χ4n) is 7.83. The lowest BCUT2D eigenvalue weighted by molar-refractivity contribution is 1.09. The van der Waals surface area contributed by atoms with Gasteiger partial charge < -0.3 is 8.97 Å². The van der Waals surface area contributed by atoms with Crippen LogP contribution in [-0.4, -0.2) is 8.97 Å². The minimum Gasteiger partial charge on any atom is -0.309 e. The van der Waals surface area contributed by atoms with Crippen LogP contribution in [0.15, 0.2) is 174 Å². The summed E-state index contributed by atoms with van der Waals surface area (Å²) in [7, 11) is 0. The van der Waals surface area contributed by atoms with Crippen molar-refractivity contribution in [3.63, 3.8) is 0 Å². The topological polar surface area (TPSA) is 9.34 Å². The number of fused-ring (bicyclic) bond motifs is 10. The second-order valence-corrected chi connectivity index (χ2v) is 14.1. The molecule has 2 nitrogen and oxygen atoms in total. The van der Waals surface area contributed by atoms with Gasteiger partial charge in [0.05, 0.1) is 27.6 Å². The molecule has 0 atom stereocenters. The first-order valence-electron chi connectivity index (χ1n) is 16.9. The van der Waals surface area contributed by atoms with Gasteiger partial charge in [-0.25, -0.2) is 0 Å². The van der Waals surface area contributed by atoms with Gasteiger partial charge in [-0.05, 0) is 77.7 Å². The molecule has 0 unspecified atom stereocenters. The van der Waals surface area contributed by atoms with E-state index in [9.17, 15) is 0 Å². The summed E-state index contributed by atoms with van der Waals surface area (Å²) in [6, 6.07) is 59.3. The Hall–Kier alpha value is -5.77. The van der Waals surface area contributed by atoms with Gasteiger partial charge in [-0.3, -0.25) is 0 Å². The highest BCUT2D eigenvalue weighted by molar-refractivity contribution is 7.99. The van der Waals surface area contributed by atoms with E-state index in [0.717, 1.165) is 6.42 Å². The van der Waals surface area contributed by atoms with E-state index in [1.54, 1.807) is 0 Å². The first-order valence-corrected chi connectivity index (χ1v) is 17.7. The summed E-state index contributed by atoms with van der Waals surface area (Å²) in [4.78, 5) is 2.78. The monoisotopic (exact) mass is 644 g/mol. The van der Waals surface area contributed by atoms with Gasteiger partial charge in [0.2, 0.25) is 0 Å². The van der Waals surface area contributed by atoms with Crippen molar-refractivity contribution in [2.24, 2.45) is 0 Å². The van der Waals surface area contributed by atoms with E-state index in [1.807, 2.05) is 30.0 Å². The van der Waals surface area contributed by atoms with Gasteiger partial charge in [0.15, 0.2) is 0 Å². The lowest BCUT2D eigenvalue weighted by Crippen LogP contribution is -1.98. The average Bonchev–Trinajstić information content (AvgIpc) is 3.79. The summed E-state index contributed by atoms with van der Waals surface area (Å²) in [6.45, 7) is 2.08. The van der Waals surface area contributed by atoms with Crippen LogP contribution < -0.4 is 0 Å². The fraction of sp³-hybridized carbons (Fsp3) is 0.0435. The molecule has 1 aliphatic rings. The molecule has 0 amide bonds. The minimum absolute atomic E-state index is 0.965. The Balaban J connectivity index is 0.000000393. The highest BCUT2D eigenvalue weighted by Gasteiger charge is 2.27. The third kappa shape index (κ3) is 4.43. The molecule has 1 aliphatic heterocycles. The first kappa shape index (κ1) is 28.3. The third-order valence-electron chi connectivity index (χ3n) is 10.1. The van der Waals surface area contributed by atoms with Crippen LogP contribution in [0.5, 0.6) is 0 Å². The molecular formula is C46H32N2S. The highest BCUT2D eigenvalue weighted by Crippen LogP contribution is 2.49. The second kappa shape index (κ2) is 11.2. The van der Waals surface area contributed by atoms with Crippen molar-refractivity contribution in [1.29, 1.82) is 0 Å². The van der Waals surface area contributed by atoms with Gasteiger partial charge in [-0.2, -0.15) is 0 Å². The Morgan fingerprint density at radius 2 is 1.10 bits per heavy atom. The molecule has 0 fully saturated rings. The molecule has 0 bridgehead atoms. The number of nitrogens with zero attached hydrogens (tertiary/aromatic N) is 2. The summed E-state index contributed by atoms with van der Waals surface area (Å²) in [5.74, 6) is 0. The summed E-state index contributed by atoms with van der Waals surface area (Å²) >= 11 is 1.94. The van der Waals surface area contributed by atoms with Crippen LogP contribution in [0.3, 0.4) is 0 Å². The van der Waals surface area contributed by atoms with Crippen molar-refractivity contribution in [2.45, 2.75) is 23.1 Å². The first-order chi connectivity index (χ1) is 24.2. The number of aromatic nitrogens is 2. The Morgan fingerprint density at radius 3 is 1.88 bits per heavy atom. The smallest absolute Gasteiger partial charge is 0.0605 e. The van der Waals surface area contributed by atoms with Crippen LogP contribution >= 0.6 is 11.8 Å². The SMILES string of the molecule is Cc1ccccc1.c1ccc(-n2c3ccccc3c3cc(-c4ccc5c(c4)Sc4c(c6c7ccccc7c7cccc4n76)C5)ccc32)cc1. The van der Waals surface area contributed by atoms with Crippen molar-refractivity contribution < 1.29 is 0 Å². The predicted molar refractivity (Wildman–Crippen MR) is 208 cm³/mol. The van der Waals surface area contributed by atoms with Crippen LogP contribution in [0.4, 0.5) is 0 Å². The molecule has 5 heterocycles. The van der Waals surface area contributed by atoms with Crippen LogP contribution in [-0.2, 0) is 6.42 Å². The van der Waals surface area contributed by atoms with E-state index in [-0.39, 0.29) is 0 Å². The molecule has 232 valence electrons. The number of pyridine rings is 1. The van der Waals surface area contributed by atoms with Gasteiger partial charge >= 0.3 is 0 Å². The van der Waals surface area contributed by atoms with E-state index in [0.29, 0.717) is 0 Å².